The Kier molecular flexibility index (Phi) is 2.82. The maximum absolute atomic E-state index is 10.2. The summed E-state index contributed by atoms with van der Waals surface area (Å²) < 4.78 is 0. The van der Waals surface area contributed by atoms with E-state index in [1.54, 1.807) is 18.2 Å². The third kappa shape index (κ3) is 2.36. The van der Waals surface area contributed by atoms with Crippen LogP contribution in [0.1, 0.15) is 5.56 Å². The molecule has 0 aliphatic carbocycles. The Hall–Kier alpha value is -1.35. The Labute approximate surface area is 70.8 Å². The van der Waals surface area contributed by atoms with Gasteiger partial charge in [-0.05, 0) is 24.1 Å². The van der Waals surface area contributed by atoms with Crippen LogP contribution in [0.25, 0.3) is 0 Å². The first-order chi connectivity index (χ1) is 5.72. The predicted octanol–water partition coefficient (Wildman–Crippen LogP) is 0.461. The molecule has 0 aliphatic rings. The lowest BCUT2D eigenvalue weighted by Gasteiger charge is -2.03. The van der Waals surface area contributed by atoms with Gasteiger partial charge in [-0.2, -0.15) is 0 Å². The van der Waals surface area contributed by atoms with E-state index in [0.29, 0.717) is 12.7 Å². The van der Waals surface area contributed by atoms with Crippen molar-refractivity contribution < 1.29 is 9.90 Å². The second-order valence-electron chi connectivity index (χ2n) is 2.67. The van der Waals surface area contributed by atoms with Crippen LogP contribution < -0.4 is 5.73 Å². The summed E-state index contributed by atoms with van der Waals surface area (Å²) >= 11 is 0. The SMILES string of the molecule is N[C@H](C=O)Cc1cccc(O)c1. The van der Waals surface area contributed by atoms with Crippen molar-refractivity contribution in [3.8, 4) is 5.75 Å². The quantitative estimate of drug-likeness (QED) is 0.639. The fourth-order valence-corrected chi connectivity index (χ4v) is 1.00. The van der Waals surface area contributed by atoms with E-state index in [2.05, 4.69) is 0 Å². The zero-order valence-corrected chi connectivity index (χ0v) is 6.60. The highest BCUT2D eigenvalue weighted by molar-refractivity contribution is 5.57. The maximum atomic E-state index is 10.2. The second-order valence-corrected chi connectivity index (χ2v) is 2.67. The summed E-state index contributed by atoms with van der Waals surface area (Å²) in [5.74, 6) is 0.200. The van der Waals surface area contributed by atoms with Gasteiger partial charge < -0.3 is 15.6 Å². The molecule has 0 saturated heterocycles. The average molecular weight is 165 g/mol. The third-order valence-electron chi connectivity index (χ3n) is 1.56. The standard InChI is InChI=1S/C9H11NO2/c10-8(6-11)4-7-2-1-3-9(12)5-7/h1-3,5-6,8,12H,4,10H2/t8-/m0/s1. The molecule has 12 heavy (non-hydrogen) atoms. The van der Waals surface area contributed by atoms with Gasteiger partial charge in [0.05, 0.1) is 6.04 Å². The molecule has 0 unspecified atom stereocenters. The van der Waals surface area contributed by atoms with Crippen molar-refractivity contribution in [3.05, 3.63) is 29.8 Å². The number of rotatable bonds is 3. The minimum atomic E-state index is -0.480. The Balaban J connectivity index is 2.69. The van der Waals surface area contributed by atoms with E-state index >= 15 is 0 Å². The van der Waals surface area contributed by atoms with Crippen LogP contribution in [0, 0.1) is 0 Å². The Morgan fingerprint density at radius 3 is 2.92 bits per heavy atom. The highest BCUT2D eigenvalue weighted by Crippen LogP contribution is 2.11. The zero-order chi connectivity index (χ0) is 8.97. The number of phenols is 1. The molecule has 3 heteroatoms. The highest BCUT2D eigenvalue weighted by Gasteiger charge is 2.01. The van der Waals surface area contributed by atoms with Gasteiger partial charge in [-0.3, -0.25) is 0 Å². The molecule has 0 radical (unpaired) electrons. The van der Waals surface area contributed by atoms with E-state index in [9.17, 15) is 4.79 Å². The summed E-state index contributed by atoms with van der Waals surface area (Å²) in [6.45, 7) is 0. The maximum Gasteiger partial charge on any atom is 0.137 e. The first-order valence-electron chi connectivity index (χ1n) is 3.71. The minimum Gasteiger partial charge on any atom is -0.508 e. The third-order valence-corrected chi connectivity index (χ3v) is 1.56. The highest BCUT2D eigenvalue weighted by atomic mass is 16.3. The lowest BCUT2D eigenvalue weighted by atomic mass is 10.1. The minimum absolute atomic E-state index is 0.200. The van der Waals surface area contributed by atoms with Crippen LogP contribution in [0.4, 0.5) is 0 Å². The number of nitrogens with two attached hydrogens (primary N) is 1. The van der Waals surface area contributed by atoms with Gasteiger partial charge in [-0.25, -0.2) is 0 Å². The van der Waals surface area contributed by atoms with E-state index < -0.39 is 6.04 Å². The zero-order valence-electron chi connectivity index (χ0n) is 6.60. The number of hydrogen-bond donors (Lipinski definition) is 2. The molecule has 1 aromatic carbocycles. The van der Waals surface area contributed by atoms with Gasteiger partial charge >= 0.3 is 0 Å². The van der Waals surface area contributed by atoms with Gasteiger partial charge in [-0.15, -0.1) is 0 Å². The van der Waals surface area contributed by atoms with Crippen LogP contribution in [0.15, 0.2) is 24.3 Å². The molecule has 3 N–H and O–H groups in total. The summed E-state index contributed by atoms with van der Waals surface area (Å²) in [4.78, 5) is 10.2. The summed E-state index contributed by atoms with van der Waals surface area (Å²) in [5, 5.41) is 9.07. The average Bonchev–Trinajstić information content (AvgIpc) is 2.04. The Bertz CT molecular complexity index is 273. The van der Waals surface area contributed by atoms with E-state index in [1.807, 2.05) is 6.07 Å². The van der Waals surface area contributed by atoms with Crippen LogP contribution in [0.2, 0.25) is 0 Å². The predicted molar refractivity (Wildman–Crippen MR) is 45.9 cm³/mol. The molecule has 3 nitrogen and oxygen atoms in total. The van der Waals surface area contributed by atoms with Gasteiger partial charge in [0.25, 0.3) is 0 Å². The van der Waals surface area contributed by atoms with Crippen molar-refractivity contribution in [2.24, 2.45) is 5.73 Å². The van der Waals surface area contributed by atoms with Crippen molar-refractivity contribution in [1.82, 2.24) is 0 Å². The van der Waals surface area contributed by atoms with Gasteiger partial charge in [-0.1, -0.05) is 12.1 Å². The Morgan fingerprint density at radius 2 is 2.33 bits per heavy atom. The molecule has 64 valence electrons. The topological polar surface area (TPSA) is 63.3 Å². The van der Waals surface area contributed by atoms with Crippen LogP contribution >= 0.6 is 0 Å². The molecule has 0 aliphatic heterocycles. The number of benzene rings is 1. The fraction of sp³-hybridized carbons (Fsp3) is 0.222. The molecule has 0 amide bonds. The monoisotopic (exact) mass is 165 g/mol. The van der Waals surface area contributed by atoms with Crippen LogP contribution in [-0.2, 0) is 11.2 Å². The van der Waals surface area contributed by atoms with E-state index in [4.69, 9.17) is 10.8 Å². The molecular formula is C9H11NO2. The molecule has 0 bridgehead atoms. The van der Waals surface area contributed by atoms with Gasteiger partial charge in [0, 0.05) is 0 Å². The number of carbonyl (C=O) groups excluding carboxylic acids is 1. The number of phenolic OH excluding ortho intramolecular Hbond substituents is 1. The summed E-state index contributed by atoms with van der Waals surface area (Å²) in [5.41, 5.74) is 6.28. The molecule has 1 aromatic rings. The van der Waals surface area contributed by atoms with Crippen molar-refractivity contribution in [2.45, 2.75) is 12.5 Å². The molecule has 0 aromatic heterocycles. The van der Waals surface area contributed by atoms with E-state index in [0.717, 1.165) is 5.56 Å². The van der Waals surface area contributed by atoms with Gasteiger partial charge in [0.2, 0.25) is 0 Å². The van der Waals surface area contributed by atoms with Crippen molar-refractivity contribution in [2.75, 3.05) is 0 Å². The molecule has 1 atom stereocenters. The molecule has 0 saturated carbocycles. The van der Waals surface area contributed by atoms with Crippen LogP contribution in [0.5, 0.6) is 5.75 Å². The lowest BCUT2D eigenvalue weighted by Crippen LogP contribution is -2.23. The number of aldehydes is 1. The van der Waals surface area contributed by atoms with Crippen molar-refractivity contribution in [3.63, 3.8) is 0 Å². The van der Waals surface area contributed by atoms with Crippen molar-refractivity contribution >= 4 is 6.29 Å². The van der Waals surface area contributed by atoms with Gasteiger partial charge in [0.15, 0.2) is 0 Å². The number of hydrogen-bond acceptors (Lipinski definition) is 3. The van der Waals surface area contributed by atoms with Crippen LogP contribution in [0.3, 0.4) is 0 Å². The first-order valence-corrected chi connectivity index (χ1v) is 3.71. The molecule has 1 rings (SSSR count). The van der Waals surface area contributed by atoms with E-state index in [-0.39, 0.29) is 5.75 Å². The largest absolute Gasteiger partial charge is 0.508 e. The summed E-state index contributed by atoms with van der Waals surface area (Å²) in [6.07, 6.45) is 1.17. The smallest absolute Gasteiger partial charge is 0.137 e. The Morgan fingerprint density at radius 1 is 1.58 bits per heavy atom. The van der Waals surface area contributed by atoms with E-state index in [1.165, 1.54) is 0 Å². The van der Waals surface area contributed by atoms with Crippen LogP contribution in [-0.4, -0.2) is 17.4 Å². The lowest BCUT2D eigenvalue weighted by molar-refractivity contribution is -0.108. The normalized spacial score (nSPS) is 12.4. The van der Waals surface area contributed by atoms with Gasteiger partial charge in [0.1, 0.15) is 12.0 Å². The molecule has 0 fully saturated rings. The number of carbonyl (C=O) groups is 1. The van der Waals surface area contributed by atoms with Crippen molar-refractivity contribution in [1.29, 1.82) is 0 Å². The summed E-state index contributed by atoms with van der Waals surface area (Å²) in [7, 11) is 0. The second kappa shape index (κ2) is 3.88. The first kappa shape index (κ1) is 8.74. The fourth-order valence-electron chi connectivity index (χ4n) is 1.00. The molecule has 0 spiro atoms. The molecular weight excluding hydrogens is 154 g/mol. The molecule has 0 heterocycles. The summed E-state index contributed by atoms with van der Waals surface area (Å²) in [6, 6.07) is 6.25. The number of aromatic hydroxyl groups is 1.